The third kappa shape index (κ3) is 3.70. The monoisotopic (exact) mass is 423 g/mol. The molecule has 164 valence electrons. The van der Waals surface area contributed by atoms with Crippen LogP contribution < -0.4 is 16.2 Å². The highest BCUT2D eigenvalue weighted by Crippen LogP contribution is 2.60. The summed E-state index contributed by atoms with van der Waals surface area (Å²) >= 11 is 0. The normalized spacial score (nSPS) is 28.5. The topological polar surface area (TPSA) is 100 Å². The van der Waals surface area contributed by atoms with E-state index in [2.05, 4.69) is 16.2 Å². The Morgan fingerprint density at radius 2 is 1.65 bits per heavy atom. The summed E-state index contributed by atoms with van der Waals surface area (Å²) in [6.45, 7) is 2.08. The van der Waals surface area contributed by atoms with Gasteiger partial charge in [-0.2, -0.15) is 0 Å². The number of rotatable bonds is 5. The first kappa shape index (κ1) is 20.1. The van der Waals surface area contributed by atoms with Crippen LogP contribution in [0.1, 0.15) is 61.1 Å². The molecule has 7 nitrogen and oxygen atoms in total. The number of amides is 3. The van der Waals surface area contributed by atoms with Gasteiger partial charge in [-0.1, -0.05) is 18.2 Å². The maximum absolute atomic E-state index is 12.9. The lowest BCUT2D eigenvalue weighted by Gasteiger charge is -2.55. The number of fused-ring (bicyclic) bond motifs is 1. The largest absolute Gasteiger partial charge is 0.451 e. The van der Waals surface area contributed by atoms with Crippen molar-refractivity contribution in [3.63, 3.8) is 0 Å². The van der Waals surface area contributed by atoms with Gasteiger partial charge >= 0.3 is 5.91 Å². The molecule has 1 heterocycles. The molecule has 6 rings (SSSR count). The van der Waals surface area contributed by atoms with E-state index in [1.165, 1.54) is 19.3 Å². The summed E-state index contributed by atoms with van der Waals surface area (Å²) in [5, 5.41) is 3.85. The van der Waals surface area contributed by atoms with Crippen LogP contribution in [-0.4, -0.2) is 24.3 Å². The first-order valence-corrected chi connectivity index (χ1v) is 11.3. The Morgan fingerprint density at radius 3 is 2.29 bits per heavy atom. The minimum atomic E-state index is -0.500. The average molecular weight is 424 g/mol. The van der Waals surface area contributed by atoms with E-state index in [1.54, 1.807) is 6.07 Å². The molecule has 4 fully saturated rings. The van der Waals surface area contributed by atoms with Crippen molar-refractivity contribution < 1.29 is 18.8 Å². The second-order valence-electron chi connectivity index (χ2n) is 9.76. The van der Waals surface area contributed by atoms with Crippen molar-refractivity contribution in [3.05, 3.63) is 35.6 Å². The van der Waals surface area contributed by atoms with E-state index in [9.17, 15) is 14.4 Å². The van der Waals surface area contributed by atoms with Gasteiger partial charge in [-0.3, -0.25) is 25.2 Å². The zero-order chi connectivity index (χ0) is 21.6. The number of carbonyl (C=O) groups is 3. The highest BCUT2D eigenvalue weighted by atomic mass is 16.3. The molecule has 4 aliphatic carbocycles. The van der Waals surface area contributed by atoms with Crippen molar-refractivity contribution in [3.8, 4) is 0 Å². The minimum absolute atomic E-state index is 0.109. The molecule has 4 saturated carbocycles. The fourth-order valence-electron chi connectivity index (χ4n) is 6.50. The minimum Gasteiger partial charge on any atom is -0.451 e. The van der Waals surface area contributed by atoms with Gasteiger partial charge in [-0.15, -0.1) is 0 Å². The summed E-state index contributed by atoms with van der Waals surface area (Å²) < 4.78 is 5.60. The van der Waals surface area contributed by atoms with Crippen LogP contribution in [0.15, 0.2) is 28.7 Å². The Bertz CT molecular complexity index is 1010. The molecular formula is C24H29N3O4. The van der Waals surface area contributed by atoms with Crippen molar-refractivity contribution in [2.24, 2.45) is 23.2 Å². The van der Waals surface area contributed by atoms with Crippen molar-refractivity contribution in [1.29, 1.82) is 0 Å². The first-order valence-electron chi connectivity index (χ1n) is 11.3. The number of aryl methyl sites for hydroxylation is 1. The van der Waals surface area contributed by atoms with Crippen LogP contribution in [0.5, 0.6) is 0 Å². The van der Waals surface area contributed by atoms with Crippen molar-refractivity contribution in [2.75, 3.05) is 6.54 Å². The molecule has 4 bridgehead atoms. The van der Waals surface area contributed by atoms with Crippen molar-refractivity contribution >= 4 is 28.7 Å². The zero-order valence-electron chi connectivity index (χ0n) is 17.8. The molecule has 3 amide bonds. The molecule has 3 N–H and O–H groups in total. The van der Waals surface area contributed by atoms with Crippen LogP contribution in [0.4, 0.5) is 0 Å². The van der Waals surface area contributed by atoms with E-state index in [0.29, 0.717) is 23.3 Å². The van der Waals surface area contributed by atoms with Gasteiger partial charge in [0, 0.05) is 29.3 Å². The van der Waals surface area contributed by atoms with Crippen LogP contribution in [0.25, 0.3) is 11.0 Å². The third-order valence-electron chi connectivity index (χ3n) is 7.52. The highest BCUT2D eigenvalue weighted by molar-refractivity contribution is 5.99. The molecule has 2 aromatic rings. The van der Waals surface area contributed by atoms with Crippen molar-refractivity contribution in [1.82, 2.24) is 16.2 Å². The lowest BCUT2D eigenvalue weighted by atomic mass is 9.49. The molecule has 31 heavy (non-hydrogen) atoms. The number of hydrogen-bond acceptors (Lipinski definition) is 4. The predicted molar refractivity (Wildman–Crippen MR) is 115 cm³/mol. The summed E-state index contributed by atoms with van der Waals surface area (Å²) in [6.07, 6.45) is 6.99. The molecule has 0 atom stereocenters. The summed E-state index contributed by atoms with van der Waals surface area (Å²) in [7, 11) is 0. The molecule has 1 aromatic carbocycles. The van der Waals surface area contributed by atoms with Crippen LogP contribution in [0.2, 0.25) is 0 Å². The van der Waals surface area contributed by atoms with E-state index in [4.69, 9.17) is 4.42 Å². The number of para-hydroxylation sites is 1. The van der Waals surface area contributed by atoms with E-state index >= 15 is 0 Å². The number of benzene rings is 1. The number of furan rings is 1. The fraction of sp³-hybridized carbons (Fsp3) is 0.542. The van der Waals surface area contributed by atoms with Crippen molar-refractivity contribution in [2.45, 2.75) is 51.9 Å². The Morgan fingerprint density at radius 1 is 1.00 bits per heavy atom. The molecule has 0 aliphatic heterocycles. The van der Waals surface area contributed by atoms with E-state index in [1.807, 2.05) is 25.1 Å². The van der Waals surface area contributed by atoms with Gasteiger partial charge in [0.1, 0.15) is 5.58 Å². The van der Waals surface area contributed by atoms with Gasteiger partial charge in [0.2, 0.25) is 11.8 Å². The second-order valence-corrected chi connectivity index (χ2v) is 9.76. The maximum Gasteiger partial charge on any atom is 0.305 e. The summed E-state index contributed by atoms with van der Waals surface area (Å²) in [5.41, 5.74) is 5.96. The number of nitrogens with one attached hydrogen (secondary N) is 3. The van der Waals surface area contributed by atoms with E-state index in [-0.39, 0.29) is 36.0 Å². The van der Waals surface area contributed by atoms with Crippen LogP contribution in [0, 0.1) is 30.1 Å². The highest BCUT2D eigenvalue weighted by Gasteiger charge is 2.54. The van der Waals surface area contributed by atoms with Gasteiger partial charge in [-0.25, -0.2) is 0 Å². The molecular weight excluding hydrogens is 394 g/mol. The quantitative estimate of drug-likeness (QED) is 0.643. The van der Waals surface area contributed by atoms with Gasteiger partial charge < -0.3 is 9.73 Å². The first-order chi connectivity index (χ1) is 14.9. The molecule has 0 unspecified atom stereocenters. The Balaban J connectivity index is 1.09. The molecule has 0 spiro atoms. The van der Waals surface area contributed by atoms with Crippen LogP contribution >= 0.6 is 0 Å². The van der Waals surface area contributed by atoms with Gasteiger partial charge in [-0.05, 0) is 69.3 Å². The Kier molecular flexibility index (Phi) is 4.99. The molecule has 7 heteroatoms. The third-order valence-corrected chi connectivity index (χ3v) is 7.52. The van der Waals surface area contributed by atoms with E-state index < -0.39 is 5.91 Å². The lowest BCUT2D eigenvalue weighted by molar-refractivity contribution is -0.146. The molecule has 4 aliphatic rings. The Hall–Kier alpha value is -2.83. The molecule has 0 radical (unpaired) electrons. The van der Waals surface area contributed by atoms with Gasteiger partial charge in [0.05, 0.1) is 0 Å². The van der Waals surface area contributed by atoms with E-state index in [0.717, 1.165) is 30.2 Å². The van der Waals surface area contributed by atoms with Crippen LogP contribution in [-0.2, 0) is 9.59 Å². The van der Waals surface area contributed by atoms with Gasteiger partial charge in [0.25, 0.3) is 0 Å². The van der Waals surface area contributed by atoms with Crippen LogP contribution in [0.3, 0.4) is 0 Å². The zero-order valence-corrected chi connectivity index (χ0v) is 17.8. The maximum atomic E-state index is 12.9. The van der Waals surface area contributed by atoms with Gasteiger partial charge in [0.15, 0.2) is 5.76 Å². The number of hydrogen-bond donors (Lipinski definition) is 3. The molecule has 0 saturated heterocycles. The number of hydrazine groups is 1. The standard InChI is InChI=1S/C24H29N3O4/c1-14-18-4-2-3-5-19(18)31-21(14)22(29)27-26-20(28)6-7-25-23(30)24-11-15-8-16(12-24)10-17(9-15)13-24/h2-5,15-17H,6-13H2,1H3,(H,25,30)(H,26,28)(H,27,29). The summed E-state index contributed by atoms with van der Waals surface area (Å²) in [5.74, 6) is 1.55. The SMILES string of the molecule is Cc1c(C(=O)NNC(=O)CCNC(=O)C23CC4CC(CC(C4)C2)C3)oc2ccccc12. The summed E-state index contributed by atoms with van der Waals surface area (Å²) in [6, 6.07) is 7.40. The molecule has 1 aromatic heterocycles. The second kappa shape index (κ2) is 7.70. The Labute approximate surface area is 181 Å². The summed E-state index contributed by atoms with van der Waals surface area (Å²) in [4.78, 5) is 37.5. The number of carbonyl (C=O) groups excluding carboxylic acids is 3. The smallest absolute Gasteiger partial charge is 0.305 e. The lowest BCUT2D eigenvalue weighted by Crippen LogP contribution is -2.54. The predicted octanol–water partition coefficient (Wildman–Crippen LogP) is 3.22. The average Bonchev–Trinajstić information content (AvgIpc) is 3.08. The fourth-order valence-corrected chi connectivity index (χ4v) is 6.50.